The second kappa shape index (κ2) is 8.65. The number of hydrogen-bond donors (Lipinski definition) is 5. The van der Waals surface area contributed by atoms with Gasteiger partial charge in [-0.15, -0.1) is 0 Å². The molecule has 0 bridgehead atoms. The van der Waals surface area contributed by atoms with E-state index < -0.39 is 30.9 Å². The molecule has 0 aromatic heterocycles. The Kier molecular flexibility index (Phi) is 7.55. The van der Waals surface area contributed by atoms with Gasteiger partial charge in [-0.25, -0.2) is 0 Å². The molecule has 0 aliphatic carbocycles. The van der Waals surface area contributed by atoms with E-state index in [0.29, 0.717) is 6.54 Å². The first kappa shape index (κ1) is 18.3. The highest BCUT2D eigenvalue weighted by molar-refractivity contribution is 5.67. The maximum absolute atomic E-state index is 10.7. The predicted octanol–water partition coefficient (Wildman–Crippen LogP) is -1.12. The Morgan fingerprint density at radius 3 is 2.24 bits per heavy atom. The van der Waals surface area contributed by atoms with Crippen LogP contribution in [0.1, 0.15) is 26.2 Å². The number of carbonyl (C=O) groups is 1. The van der Waals surface area contributed by atoms with Crippen LogP contribution in [-0.4, -0.2) is 81.0 Å². The summed E-state index contributed by atoms with van der Waals surface area (Å²) in [5.41, 5.74) is 0. The van der Waals surface area contributed by atoms with E-state index in [-0.39, 0.29) is 18.3 Å². The van der Waals surface area contributed by atoms with Crippen molar-refractivity contribution < 1.29 is 30.3 Å². The molecule has 4 atom stereocenters. The average molecular weight is 305 g/mol. The summed E-state index contributed by atoms with van der Waals surface area (Å²) in [7, 11) is 0. The summed E-state index contributed by atoms with van der Waals surface area (Å²) < 4.78 is 0. The van der Waals surface area contributed by atoms with Gasteiger partial charge in [-0.05, 0) is 37.8 Å². The van der Waals surface area contributed by atoms with Gasteiger partial charge in [-0.3, -0.25) is 4.79 Å². The number of nitrogens with zero attached hydrogens (tertiary/aromatic N) is 1. The van der Waals surface area contributed by atoms with Crippen LogP contribution < -0.4 is 0 Å². The van der Waals surface area contributed by atoms with Crippen LogP contribution in [0.25, 0.3) is 0 Å². The Bertz CT molecular complexity index is 319. The maximum Gasteiger partial charge on any atom is 0.303 e. The molecule has 1 fully saturated rings. The van der Waals surface area contributed by atoms with Gasteiger partial charge in [0.1, 0.15) is 12.2 Å². The molecule has 0 spiro atoms. The van der Waals surface area contributed by atoms with Crippen molar-refractivity contribution in [3.05, 3.63) is 0 Å². The topological polar surface area (TPSA) is 121 Å². The first-order valence-electron chi connectivity index (χ1n) is 7.44. The van der Waals surface area contributed by atoms with Crippen LogP contribution in [0.5, 0.6) is 0 Å². The van der Waals surface area contributed by atoms with Crippen molar-refractivity contribution in [2.24, 2.45) is 11.8 Å². The third-order valence-corrected chi connectivity index (χ3v) is 4.23. The molecule has 7 nitrogen and oxygen atoms in total. The monoisotopic (exact) mass is 305 g/mol. The molecule has 5 N–H and O–H groups in total. The largest absolute Gasteiger partial charge is 0.481 e. The lowest BCUT2D eigenvalue weighted by atomic mass is 9.91. The van der Waals surface area contributed by atoms with E-state index in [4.69, 9.17) is 10.2 Å². The van der Waals surface area contributed by atoms with Gasteiger partial charge in [-0.1, -0.05) is 6.92 Å². The average Bonchev–Trinajstić information content (AvgIpc) is 2.46. The molecule has 124 valence electrons. The van der Waals surface area contributed by atoms with Crippen molar-refractivity contribution in [1.82, 2.24) is 4.90 Å². The first-order chi connectivity index (χ1) is 9.85. The van der Waals surface area contributed by atoms with Gasteiger partial charge in [0.25, 0.3) is 0 Å². The van der Waals surface area contributed by atoms with Crippen LogP contribution >= 0.6 is 0 Å². The molecule has 0 amide bonds. The third-order valence-electron chi connectivity index (χ3n) is 4.23. The Morgan fingerprint density at radius 2 is 1.76 bits per heavy atom. The van der Waals surface area contributed by atoms with Crippen LogP contribution in [0.2, 0.25) is 0 Å². The minimum atomic E-state index is -1.37. The summed E-state index contributed by atoms with van der Waals surface area (Å²) in [4.78, 5) is 12.8. The van der Waals surface area contributed by atoms with Crippen molar-refractivity contribution in [2.45, 2.75) is 44.5 Å². The zero-order valence-corrected chi connectivity index (χ0v) is 12.4. The van der Waals surface area contributed by atoms with Gasteiger partial charge >= 0.3 is 5.97 Å². The third kappa shape index (κ3) is 5.88. The van der Waals surface area contributed by atoms with Crippen LogP contribution in [0.3, 0.4) is 0 Å². The zero-order valence-electron chi connectivity index (χ0n) is 12.4. The fourth-order valence-corrected chi connectivity index (χ4v) is 2.81. The SMILES string of the molecule is CC(CN1CCC(CC(=O)O)CC1)[C@@H](O)[C@H](O)[C@H](O)CO. The maximum atomic E-state index is 10.7. The molecule has 1 aliphatic heterocycles. The van der Waals surface area contributed by atoms with Gasteiger partial charge < -0.3 is 30.4 Å². The molecule has 1 heterocycles. The van der Waals surface area contributed by atoms with Crippen molar-refractivity contribution in [3.8, 4) is 0 Å². The van der Waals surface area contributed by atoms with E-state index in [1.165, 1.54) is 0 Å². The molecular weight excluding hydrogens is 278 g/mol. The van der Waals surface area contributed by atoms with Gasteiger partial charge in [0.2, 0.25) is 0 Å². The second-order valence-electron chi connectivity index (χ2n) is 6.05. The molecular formula is C14H27NO6. The van der Waals surface area contributed by atoms with E-state index in [9.17, 15) is 20.1 Å². The lowest BCUT2D eigenvalue weighted by Crippen LogP contribution is -2.47. The van der Waals surface area contributed by atoms with Gasteiger partial charge in [-0.2, -0.15) is 0 Å². The van der Waals surface area contributed by atoms with E-state index in [2.05, 4.69) is 4.90 Å². The predicted molar refractivity (Wildman–Crippen MR) is 75.7 cm³/mol. The molecule has 0 aromatic rings. The summed E-state index contributed by atoms with van der Waals surface area (Å²) in [5, 5.41) is 46.5. The van der Waals surface area contributed by atoms with Crippen LogP contribution in [0.15, 0.2) is 0 Å². The fraction of sp³-hybridized carbons (Fsp3) is 0.929. The Balaban J connectivity index is 2.36. The molecule has 21 heavy (non-hydrogen) atoms. The Labute approximate surface area is 124 Å². The minimum Gasteiger partial charge on any atom is -0.481 e. The van der Waals surface area contributed by atoms with Crippen molar-refractivity contribution in [3.63, 3.8) is 0 Å². The van der Waals surface area contributed by atoms with Crippen LogP contribution in [0, 0.1) is 11.8 Å². The number of carboxylic acid groups (broad SMARTS) is 1. The quantitative estimate of drug-likeness (QED) is 0.385. The van der Waals surface area contributed by atoms with Gasteiger partial charge in [0.15, 0.2) is 0 Å². The molecule has 0 radical (unpaired) electrons. The number of likely N-dealkylation sites (tertiary alicyclic amines) is 1. The molecule has 0 aromatic carbocycles. The number of aliphatic hydroxyl groups excluding tert-OH is 4. The minimum absolute atomic E-state index is 0.202. The van der Waals surface area contributed by atoms with E-state index in [0.717, 1.165) is 25.9 Å². The molecule has 7 heteroatoms. The second-order valence-corrected chi connectivity index (χ2v) is 6.05. The van der Waals surface area contributed by atoms with Crippen LogP contribution in [0.4, 0.5) is 0 Å². The summed E-state index contributed by atoms with van der Waals surface area (Å²) in [6, 6.07) is 0. The number of carboxylic acids is 1. The Morgan fingerprint density at radius 1 is 1.19 bits per heavy atom. The summed E-state index contributed by atoms with van der Waals surface area (Å²) in [6.45, 7) is 3.30. The Hall–Kier alpha value is -0.730. The molecule has 0 saturated carbocycles. The van der Waals surface area contributed by atoms with Crippen molar-refractivity contribution in [2.75, 3.05) is 26.2 Å². The molecule has 1 rings (SSSR count). The van der Waals surface area contributed by atoms with Crippen molar-refractivity contribution in [1.29, 1.82) is 0 Å². The first-order valence-corrected chi connectivity index (χ1v) is 7.44. The van der Waals surface area contributed by atoms with Gasteiger partial charge in [0, 0.05) is 13.0 Å². The number of hydrogen-bond acceptors (Lipinski definition) is 6. The number of piperidine rings is 1. The molecule has 1 unspecified atom stereocenters. The lowest BCUT2D eigenvalue weighted by Gasteiger charge is -2.35. The summed E-state index contributed by atoms with van der Waals surface area (Å²) in [6.07, 6.45) is -1.98. The summed E-state index contributed by atoms with van der Waals surface area (Å²) >= 11 is 0. The molecule has 1 saturated heterocycles. The lowest BCUT2D eigenvalue weighted by molar-refractivity contribution is -0.138. The number of rotatable bonds is 8. The smallest absolute Gasteiger partial charge is 0.303 e. The zero-order chi connectivity index (χ0) is 16.0. The van der Waals surface area contributed by atoms with Crippen LogP contribution in [-0.2, 0) is 4.79 Å². The van der Waals surface area contributed by atoms with E-state index in [1.54, 1.807) is 6.92 Å². The molecule has 1 aliphatic rings. The standard InChI is InChI=1S/C14H27NO6/c1-9(13(20)14(21)11(17)8-16)7-15-4-2-10(3-5-15)6-12(18)19/h9-11,13-14,16-17,20-21H,2-8H2,1H3,(H,18,19)/t9?,11-,13-,14-/m1/s1. The van der Waals surface area contributed by atoms with E-state index >= 15 is 0 Å². The highest BCUT2D eigenvalue weighted by Crippen LogP contribution is 2.22. The number of aliphatic carboxylic acids is 1. The normalized spacial score (nSPS) is 23.5. The highest BCUT2D eigenvalue weighted by atomic mass is 16.4. The number of aliphatic hydroxyl groups is 4. The fourth-order valence-electron chi connectivity index (χ4n) is 2.81. The van der Waals surface area contributed by atoms with Crippen molar-refractivity contribution >= 4 is 5.97 Å². The van der Waals surface area contributed by atoms with Gasteiger partial charge in [0.05, 0.1) is 12.7 Å². The van der Waals surface area contributed by atoms with E-state index in [1.807, 2.05) is 0 Å². The highest BCUT2D eigenvalue weighted by Gasteiger charge is 2.30. The summed E-state index contributed by atoms with van der Waals surface area (Å²) in [5.74, 6) is -0.809.